The molecule has 1 amide bonds. The molecule has 0 unspecified atom stereocenters. The van der Waals surface area contributed by atoms with E-state index in [1.54, 1.807) is 24.4 Å². The third-order valence-electron chi connectivity index (χ3n) is 5.03. The quantitative estimate of drug-likeness (QED) is 0.214. The number of pyridine rings is 1. The normalized spacial score (nSPS) is 11.8. The number of amidine groups is 1. The first kappa shape index (κ1) is 25.4. The Hall–Kier alpha value is -4.74. The second-order valence-electron chi connectivity index (χ2n) is 7.96. The van der Waals surface area contributed by atoms with Crippen LogP contribution in [0, 0.1) is 0 Å². The molecule has 0 spiro atoms. The molecule has 0 aliphatic carbocycles. The van der Waals surface area contributed by atoms with E-state index in [4.69, 9.17) is 4.52 Å². The molecule has 9 nitrogen and oxygen atoms in total. The molecule has 37 heavy (non-hydrogen) atoms. The first-order valence-corrected chi connectivity index (χ1v) is 11.1. The van der Waals surface area contributed by atoms with Gasteiger partial charge in [-0.15, -0.1) is 0 Å². The fourth-order valence-electron chi connectivity index (χ4n) is 3.38. The Morgan fingerprint density at radius 3 is 2.57 bits per heavy atom. The average molecular weight is 510 g/mol. The van der Waals surface area contributed by atoms with Crippen LogP contribution in [-0.2, 0) is 30.5 Å². The molecule has 0 saturated carbocycles. The molecular weight excluding hydrogens is 489 g/mol. The molecule has 0 bridgehead atoms. The maximum absolute atomic E-state index is 13.5. The molecule has 2 heterocycles. The average Bonchev–Trinajstić information content (AvgIpc) is 3.29. The summed E-state index contributed by atoms with van der Waals surface area (Å²) in [7, 11) is 0. The van der Waals surface area contributed by atoms with E-state index in [1.165, 1.54) is 16.9 Å². The van der Waals surface area contributed by atoms with Gasteiger partial charge in [-0.05, 0) is 46.1 Å². The van der Waals surface area contributed by atoms with Crippen molar-refractivity contribution in [2.75, 3.05) is 5.32 Å². The predicted molar refractivity (Wildman–Crippen MR) is 124 cm³/mol. The van der Waals surface area contributed by atoms with Crippen LogP contribution in [0.4, 0.5) is 24.7 Å². The lowest BCUT2D eigenvalue weighted by molar-refractivity contribution is -0.755. The van der Waals surface area contributed by atoms with Crippen LogP contribution in [0.5, 0.6) is 0 Å². The summed E-state index contributed by atoms with van der Waals surface area (Å²) in [4.78, 5) is 20.2. The lowest BCUT2D eigenvalue weighted by Gasteiger charge is -2.16. The zero-order valence-electron chi connectivity index (χ0n) is 19.3. The van der Waals surface area contributed by atoms with E-state index in [1.807, 2.05) is 30.3 Å². The van der Waals surface area contributed by atoms with E-state index < -0.39 is 23.7 Å². The lowest BCUT2D eigenvalue weighted by atomic mass is 10.1. The smallest absolute Gasteiger partial charge is 0.416 e. The molecule has 2 aromatic heterocycles. The molecule has 12 heteroatoms. The molecule has 2 aromatic carbocycles. The fourth-order valence-corrected chi connectivity index (χ4v) is 3.38. The Labute approximate surface area is 209 Å². The van der Waals surface area contributed by atoms with Gasteiger partial charge in [0.1, 0.15) is 5.69 Å². The van der Waals surface area contributed by atoms with Crippen molar-refractivity contribution < 1.29 is 32.3 Å². The maximum atomic E-state index is 13.5. The number of carbonyl (C=O) groups is 1. The van der Waals surface area contributed by atoms with Crippen molar-refractivity contribution in [3.8, 4) is 0 Å². The number of rotatable bonds is 8. The highest BCUT2D eigenvalue weighted by atomic mass is 19.4. The van der Waals surface area contributed by atoms with Gasteiger partial charge >= 0.3 is 12.1 Å². The Morgan fingerprint density at radius 1 is 1.05 bits per heavy atom. The van der Waals surface area contributed by atoms with Crippen LogP contribution >= 0.6 is 0 Å². The number of benzene rings is 2. The maximum Gasteiger partial charge on any atom is 0.416 e. The largest absolute Gasteiger partial charge is 0.846 e. The number of aliphatic imine (C=N–C) groups is 1. The van der Waals surface area contributed by atoms with Crippen molar-refractivity contribution in [3.05, 3.63) is 102 Å². The van der Waals surface area contributed by atoms with Gasteiger partial charge in [-0.25, -0.2) is 4.99 Å². The van der Waals surface area contributed by atoms with Gasteiger partial charge < -0.3 is 15.7 Å². The molecule has 190 valence electrons. The van der Waals surface area contributed by atoms with Crippen LogP contribution in [0.3, 0.4) is 0 Å². The molecule has 0 aliphatic heterocycles. The topological polar surface area (TPSA) is 119 Å². The van der Waals surface area contributed by atoms with Gasteiger partial charge in [0.05, 0.1) is 18.0 Å². The van der Waals surface area contributed by atoms with Gasteiger partial charge in [-0.1, -0.05) is 36.4 Å². The summed E-state index contributed by atoms with van der Waals surface area (Å²) in [6, 6.07) is 16.4. The van der Waals surface area contributed by atoms with Gasteiger partial charge in [0.15, 0.2) is 0 Å². The molecule has 0 atom stereocenters. The summed E-state index contributed by atoms with van der Waals surface area (Å²) in [5.41, 5.74) is 0.437. The summed E-state index contributed by atoms with van der Waals surface area (Å²) >= 11 is 0. The number of nitrogens with one attached hydrogen (secondary N) is 2. The molecule has 4 aromatic rings. The molecule has 0 saturated heterocycles. The fraction of sp³-hybridized carbons (Fsp3) is 0.160. The Balaban J connectivity index is 1.45. The minimum absolute atomic E-state index is 0.0727. The number of anilines is 1. The van der Waals surface area contributed by atoms with E-state index in [0.29, 0.717) is 5.69 Å². The second-order valence-corrected chi connectivity index (χ2v) is 7.96. The van der Waals surface area contributed by atoms with Gasteiger partial charge in [-0.2, -0.15) is 13.2 Å². The van der Waals surface area contributed by atoms with E-state index in [0.717, 1.165) is 17.7 Å². The first-order valence-electron chi connectivity index (χ1n) is 11.1. The Morgan fingerprint density at radius 2 is 1.84 bits per heavy atom. The zero-order chi connectivity index (χ0) is 26.3. The molecular formula is C25H21F3N6O3. The van der Waals surface area contributed by atoms with Crippen molar-refractivity contribution in [1.82, 2.24) is 15.6 Å². The minimum atomic E-state index is -4.69. The predicted octanol–water partition coefficient (Wildman–Crippen LogP) is 2.74. The van der Waals surface area contributed by atoms with Crippen molar-refractivity contribution >= 4 is 23.5 Å². The Kier molecular flexibility index (Phi) is 7.77. The molecule has 0 radical (unpaired) electrons. The summed E-state index contributed by atoms with van der Waals surface area (Å²) < 4.78 is 46.7. The molecule has 4 rings (SSSR count). The van der Waals surface area contributed by atoms with Crippen LogP contribution < -0.4 is 20.4 Å². The number of halogens is 3. The van der Waals surface area contributed by atoms with Crippen molar-refractivity contribution in [2.45, 2.75) is 25.7 Å². The van der Waals surface area contributed by atoms with Crippen LogP contribution in [0.1, 0.15) is 22.4 Å². The monoisotopic (exact) mass is 510 g/mol. The number of amides is 1. The van der Waals surface area contributed by atoms with Crippen LogP contribution in [-0.4, -0.2) is 22.2 Å². The number of nitrogens with zero attached hydrogens (tertiary/aromatic N) is 4. The van der Waals surface area contributed by atoms with Gasteiger partial charge in [0.2, 0.25) is 17.7 Å². The number of hydrogen-bond acceptors (Lipinski definition) is 6. The molecule has 2 N–H and O–H groups in total. The van der Waals surface area contributed by atoms with E-state index in [-0.39, 0.29) is 36.6 Å². The third-order valence-corrected chi connectivity index (χ3v) is 5.03. The second kappa shape index (κ2) is 11.3. The molecule has 0 fully saturated rings. The van der Waals surface area contributed by atoms with Crippen molar-refractivity contribution in [1.29, 1.82) is 0 Å². The summed E-state index contributed by atoms with van der Waals surface area (Å²) in [6.45, 7) is 0.503. The standard InChI is InChI=1S/C25H21F3N6O3/c26-25(27,28)19-10-18(12-22(35)30-14-17-6-2-1-3-7-17)11-21(13-19)31-24(36)32-23-16-34(33-37-23)15-20-8-4-5-9-29-20/h1-11,13,16H,12,14-15H2,(H2-,30,31,32,33,35,36). The molecule has 0 aliphatic rings. The highest BCUT2D eigenvalue weighted by molar-refractivity contribution is 5.87. The summed E-state index contributed by atoms with van der Waals surface area (Å²) in [5.74, 6) is -0.620. The van der Waals surface area contributed by atoms with Gasteiger partial charge in [0.25, 0.3) is 6.20 Å². The lowest BCUT2D eigenvalue weighted by Crippen LogP contribution is -2.35. The minimum Gasteiger partial charge on any atom is -0.846 e. The van der Waals surface area contributed by atoms with Crippen molar-refractivity contribution in [2.24, 2.45) is 4.99 Å². The van der Waals surface area contributed by atoms with Gasteiger partial charge in [0, 0.05) is 18.4 Å². The van der Waals surface area contributed by atoms with Crippen LogP contribution in [0.15, 0.2) is 88.6 Å². The number of carbonyl (C=O) groups excluding carboxylic acids is 1. The highest BCUT2D eigenvalue weighted by Gasteiger charge is 2.31. The number of hydrogen-bond donors (Lipinski definition) is 2. The number of alkyl halides is 3. The van der Waals surface area contributed by atoms with Crippen LogP contribution in [0.2, 0.25) is 0 Å². The van der Waals surface area contributed by atoms with Crippen LogP contribution in [0.25, 0.3) is 0 Å². The zero-order valence-corrected chi connectivity index (χ0v) is 19.3. The summed E-state index contributed by atoms with van der Waals surface area (Å²) in [6.07, 6.45) is -2.03. The SMILES string of the molecule is O=C(Cc1cc(NC([O-])=Nc2c[n+](Cc3ccccn3)no2)cc(C(F)(F)F)c1)NCc1ccccc1. The van der Waals surface area contributed by atoms with E-state index in [2.05, 4.69) is 25.9 Å². The number of aromatic nitrogens is 3. The highest BCUT2D eigenvalue weighted by Crippen LogP contribution is 2.32. The van der Waals surface area contributed by atoms with E-state index in [9.17, 15) is 23.1 Å². The van der Waals surface area contributed by atoms with Gasteiger partial charge in [-0.3, -0.25) is 14.3 Å². The van der Waals surface area contributed by atoms with Crippen molar-refractivity contribution in [3.63, 3.8) is 0 Å². The van der Waals surface area contributed by atoms with E-state index >= 15 is 0 Å². The third kappa shape index (κ3) is 7.62. The Bertz CT molecular complexity index is 1380. The summed E-state index contributed by atoms with van der Waals surface area (Å²) in [5, 5.41) is 21.0. The first-order chi connectivity index (χ1) is 17.7.